The van der Waals surface area contributed by atoms with E-state index in [1.165, 1.54) is 0 Å². The van der Waals surface area contributed by atoms with Crippen molar-refractivity contribution < 1.29 is 14.6 Å². The van der Waals surface area contributed by atoms with Gasteiger partial charge in [-0.1, -0.05) is 0 Å². The number of rotatable bonds is 6. The second-order valence-corrected chi connectivity index (χ2v) is 5.29. The molecule has 0 fully saturated rings. The number of hydrogen-bond donors (Lipinski definition) is 1. The van der Waals surface area contributed by atoms with Crippen LogP contribution in [-0.2, 0) is 0 Å². The second kappa shape index (κ2) is 7.01. The summed E-state index contributed by atoms with van der Waals surface area (Å²) < 4.78 is 6.48. The van der Waals surface area contributed by atoms with Gasteiger partial charge >= 0.3 is 5.97 Å². The van der Waals surface area contributed by atoms with Gasteiger partial charge in [-0.2, -0.15) is 11.8 Å². The van der Waals surface area contributed by atoms with Gasteiger partial charge in [-0.25, -0.2) is 4.79 Å². The molecule has 0 saturated heterocycles. The molecular formula is C11H13IO3S. The van der Waals surface area contributed by atoms with Gasteiger partial charge in [-0.3, -0.25) is 0 Å². The van der Waals surface area contributed by atoms with Gasteiger partial charge in [0.15, 0.2) is 0 Å². The highest BCUT2D eigenvalue weighted by atomic mass is 127. The Morgan fingerprint density at radius 3 is 2.94 bits per heavy atom. The standard InChI is InChI=1S/C11H13IO3S/c1-16-6-2-5-15-10-7-8(11(13)14)3-4-9(10)12/h3-4,7H,2,5-6H2,1H3,(H,13,14). The number of carbonyl (C=O) groups is 1. The highest BCUT2D eigenvalue weighted by Gasteiger charge is 2.07. The molecule has 0 aliphatic carbocycles. The Balaban J connectivity index is 2.63. The average Bonchev–Trinajstić information content (AvgIpc) is 2.26. The molecule has 0 amide bonds. The number of carboxylic acid groups (broad SMARTS) is 1. The van der Waals surface area contributed by atoms with Crippen molar-refractivity contribution >= 4 is 40.3 Å². The summed E-state index contributed by atoms with van der Waals surface area (Å²) in [7, 11) is 0. The minimum absolute atomic E-state index is 0.264. The molecule has 0 bridgehead atoms. The smallest absolute Gasteiger partial charge is 0.335 e. The first kappa shape index (κ1) is 13.6. The average molecular weight is 352 g/mol. The lowest BCUT2D eigenvalue weighted by Gasteiger charge is -2.08. The molecule has 0 aliphatic rings. The molecule has 0 unspecified atom stereocenters. The van der Waals surface area contributed by atoms with Crippen LogP contribution in [0.25, 0.3) is 0 Å². The predicted octanol–water partition coefficient (Wildman–Crippen LogP) is 3.12. The van der Waals surface area contributed by atoms with Gasteiger partial charge in [-0.05, 0) is 59.2 Å². The largest absolute Gasteiger partial charge is 0.492 e. The van der Waals surface area contributed by atoms with E-state index in [0.29, 0.717) is 12.4 Å². The molecule has 88 valence electrons. The van der Waals surface area contributed by atoms with Crippen LogP contribution in [0.1, 0.15) is 16.8 Å². The summed E-state index contributed by atoms with van der Waals surface area (Å²) in [5.41, 5.74) is 0.264. The van der Waals surface area contributed by atoms with Crippen molar-refractivity contribution in [2.24, 2.45) is 0 Å². The molecule has 1 N–H and O–H groups in total. The Morgan fingerprint density at radius 2 is 2.31 bits per heavy atom. The van der Waals surface area contributed by atoms with E-state index >= 15 is 0 Å². The third kappa shape index (κ3) is 4.21. The lowest BCUT2D eigenvalue weighted by Crippen LogP contribution is -2.02. The molecule has 3 nitrogen and oxygen atoms in total. The summed E-state index contributed by atoms with van der Waals surface area (Å²) in [5, 5.41) is 8.85. The fraction of sp³-hybridized carbons (Fsp3) is 0.364. The zero-order chi connectivity index (χ0) is 12.0. The normalized spacial score (nSPS) is 10.1. The molecule has 0 atom stereocenters. The van der Waals surface area contributed by atoms with Crippen LogP contribution < -0.4 is 4.74 Å². The van der Waals surface area contributed by atoms with Crippen molar-refractivity contribution in [2.75, 3.05) is 18.6 Å². The molecule has 0 radical (unpaired) electrons. The maximum Gasteiger partial charge on any atom is 0.335 e. The molecule has 0 aromatic heterocycles. The summed E-state index contributed by atoms with van der Waals surface area (Å²) in [6, 6.07) is 4.91. The first-order chi connectivity index (χ1) is 7.65. The number of benzene rings is 1. The Labute approximate surface area is 113 Å². The van der Waals surface area contributed by atoms with Crippen LogP contribution in [0.4, 0.5) is 0 Å². The van der Waals surface area contributed by atoms with E-state index in [4.69, 9.17) is 9.84 Å². The van der Waals surface area contributed by atoms with Crippen LogP contribution in [-0.4, -0.2) is 29.7 Å². The molecule has 16 heavy (non-hydrogen) atoms. The van der Waals surface area contributed by atoms with Gasteiger partial charge in [0.1, 0.15) is 5.75 Å². The van der Waals surface area contributed by atoms with Gasteiger partial charge in [0.25, 0.3) is 0 Å². The molecular weight excluding hydrogens is 339 g/mol. The Hall–Kier alpha value is -0.430. The minimum atomic E-state index is -0.926. The van der Waals surface area contributed by atoms with E-state index < -0.39 is 5.97 Å². The highest BCUT2D eigenvalue weighted by molar-refractivity contribution is 14.1. The van der Waals surface area contributed by atoms with E-state index in [0.717, 1.165) is 15.7 Å². The second-order valence-electron chi connectivity index (χ2n) is 3.15. The fourth-order valence-electron chi connectivity index (χ4n) is 1.13. The maximum absolute atomic E-state index is 10.8. The maximum atomic E-state index is 10.8. The number of hydrogen-bond acceptors (Lipinski definition) is 3. The summed E-state index contributed by atoms with van der Waals surface area (Å²) in [6.07, 6.45) is 3.02. The van der Waals surface area contributed by atoms with Crippen molar-refractivity contribution in [1.29, 1.82) is 0 Å². The van der Waals surface area contributed by atoms with E-state index in [2.05, 4.69) is 28.8 Å². The van der Waals surface area contributed by atoms with E-state index in [-0.39, 0.29) is 5.56 Å². The lowest BCUT2D eigenvalue weighted by atomic mass is 10.2. The molecule has 0 saturated carbocycles. The van der Waals surface area contributed by atoms with Crippen LogP contribution in [0.3, 0.4) is 0 Å². The van der Waals surface area contributed by atoms with E-state index in [1.54, 1.807) is 30.0 Å². The fourth-order valence-corrected chi connectivity index (χ4v) is 2.03. The minimum Gasteiger partial charge on any atom is -0.492 e. The van der Waals surface area contributed by atoms with Crippen LogP contribution >= 0.6 is 34.4 Å². The van der Waals surface area contributed by atoms with Crippen molar-refractivity contribution in [3.63, 3.8) is 0 Å². The summed E-state index contributed by atoms with van der Waals surface area (Å²) in [5.74, 6) is 0.779. The van der Waals surface area contributed by atoms with E-state index in [9.17, 15) is 4.79 Å². The predicted molar refractivity (Wildman–Crippen MR) is 74.6 cm³/mol. The first-order valence-corrected chi connectivity index (χ1v) is 7.27. The topological polar surface area (TPSA) is 46.5 Å². The molecule has 1 aromatic rings. The van der Waals surface area contributed by atoms with Crippen molar-refractivity contribution in [1.82, 2.24) is 0 Å². The molecule has 1 rings (SSSR count). The number of thioether (sulfide) groups is 1. The van der Waals surface area contributed by atoms with Crippen LogP contribution in [0.2, 0.25) is 0 Å². The third-order valence-corrected chi connectivity index (χ3v) is 3.52. The molecule has 0 spiro atoms. The van der Waals surface area contributed by atoms with Crippen molar-refractivity contribution in [2.45, 2.75) is 6.42 Å². The quantitative estimate of drug-likeness (QED) is 0.631. The summed E-state index contributed by atoms with van der Waals surface area (Å²) in [6.45, 7) is 0.625. The summed E-state index contributed by atoms with van der Waals surface area (Å²) in [4.78, 5) is 10.8. The van der Waals surface area contributed by atoms with Crippen molar-refractivity contribution in [3.05, 3.63) is 27.3 Å². The van der Waals surface area contributed by atoms with Crippen LogP contribution in [0.15, 0.2) is 18.2 Å². The highest BCUT2D eigenvalue weighted by Crippen LogP contribution is 2.22. The van der Waals surface area contributed by atoms with Gasteiger partial charge in [-0.15, -0.1) is 0 Å². The number of carboxylic acids is 1. The zero-order valence-electron chi connectivity index (χ0n) is 8.90. The SMILES string of the molecule is CSCCCOc1cc(C(=O)O)ccc1I. The van der Waals surface area contributed by atoms with Gasteiger partial charge in [0.05, 0.1) is 15.7 Å². The van der Waals surface area contributed by atoms with Crippen LogP contribution in [0, 0.1) is 3.57 Å². The first-order valence-electron chi connectivity index (χ1n) is 4.79. The molecule has 0 aliphatic heterocycles. The molecule has 5 heteroatoms. The lowest BCUT2D eigenvalue weighted by molar-refractivity contribution is 0.0696. The number of ether oxygens (including phenoxy) is 1. The van der Waals surface area contributed by atoms with Crippen molar-refractivity contribution in [3.8, 4) is 5.75 Å². The number of aromatic carboxylic acids is 1. The van der Waals surface area contributed by atoms with Gasteiger partial charge < -0.3 is 9.84 Å². The van der Waals surface area contributed by atoms with Gasteiger partial charge in [0.2, 0.25) is 0 Å². The molecule has 0 heterocycles. The third-order valence-electron chi connectivity index (χ3n) is 1.93. The zero-order valence-corrected chi connectivity index (χ0v) is 11.9. The summed E-state index contributed by atoms with van der Waals surface area (Å²) >= 11 is 3.91. The van der Waals surface area contributed by atoms with E-state index in [1.807, 2.05) is 0 Å². The number of halogens is 1. The Morgan fingerprint density at radius 1 is 1.56 bits per heavy atom. The monoisotopic (exact) mass is 352 g/mol. The Kier molecular flexibility index (Phi) is 5.97. The molecule has 1 aromatic carbocycles. The Bertz CT molecular complexity index is 368. The van der Waals surface area contributed by atoms with Crippen LogP contribution in [0.5, 0.6) is 5.75 Å². The van der Waals surface area contributed by atoms with Gasteiger partial charge in [0, 0.05) is 0 Å².